The highest BCUT2D eigenvalue weighted by atomic mass is 15.1. The molecule has 1 saturated carbocycles. The maximum absolute atomic E-state index is 4.41. The second kappa shape index (κ2) is 4.37. The fourth-order valence-corrected chi connectivity index (χ4v) is 1.93. The highest BCUT2D eigenvalue weighted by molar-refractivity contribution is 5.60. The summed E-state index contributed by atoms with van der Waals surface area (Å²) in [6.07, 6.45) is 6.04. The molecule has 1 fully saturated rings. The summed E-state index contributed by atoms with van der Waals surface area (Å²) < 4.78 is 0. The van der Waals surface area contributed by atoms with Crippen LogP contribution in [0.4, 0.5) is 5.82 Å². The van der Waals surface area contributed by atoms with Gasteiger partial charge in [-0.3, -0.25) is 0 Å². The summed E-state index contributed by atoms with van der Waals surface area (Å²) >= 11 is 0. The van der Waals surface area contributed by atoms with Gasteiger partial charge >= 0.3 is 0 Å². The van der Waals surface area contributed by atoms with Gasteiger partial charge in [-0.05, 0) is 31.0 Å². The van der Waals surface area contributed by atoms with E-state index in [9.17, 15) is 0 Å². The van der Waals surface area contributed by atoms with Crippen molar-refractivity contribution in [3.05, 3.63) is 36.4 Å². The molecule has 92 valence electrons. The van der Waals surface area contributed by atoms with Gasteiger partial charge in [0.25, 0.3) is 0 Å². The first kappa shape index (κ1) is 11.1. The zero-order chi connectivity index (χ0) is 12.5. The molecule has 2 heterocycles. The van der Waals surface area contributed by atoms with E-state index in [0.717, 1.165) is 22.8 Å². The van der Waals surface area contributed by atoms with Crippen LogP contribution in [-0.4, -0.2) is 29.0 Å². The van der Waals surface area contributed by atoms with E-state index in [1.807, 2.05) is 31.3 Å². The van der Waals surface area contributed by atoms with E-state index in [1.54, 1.807) is 6.33 Å². The monoisotopic (exact) mass is 240 g/mol. The lowest BCUT2D eigenvalue weighted by molar-refractivity contribution is 0.989. The van der Waals surface area contributed by atoms with Crippen molar-refractivity contribution in [3.8, 4) is 11.3 Å². The van der Waals surface area contributed by atoms with E-state index in [-0.39, 0.29) is 0 Å². The Bertz CT molecular complexity index is 544. The van der Waals surface area contributed by atoms with Gasteiger partial charge in [0.05, 0.1) is 5.69 Å². The quantitative estimate of drug-likeness (QED) is 0.826. The second-order valence-corrected chi connectivity index (χ2v) is 4.90. The number of hydrogen-bond donors (Lipinski definition) is 0. The lowest BCUT2D eigenvalue weighted by atomic mass is 10.1. The number of anilines is 1. The van der Waals surface area contributed by atoms with Gasteiger partial charge in [0.15, 0.2) is 0 Å². The molecule has 0 amide bonds. The van der Waals surface area contributed by atoms with E-state index in [4.69, 9.17) is 0 Å². The molecule has 0 unspecified atom stereocenters. The first-order valence-electron chi connectivity index (χ1n) is 6.20. The van der Waals surface area contributed by atoms with Gasteiger partial charge < -0.3 is 4.90 Å². The molecule has 0 radical (unpaired) electrons. The minimum Gasteiger partial charge on any atom is -0.363 e. The van der Waals surface area contributed by atoms with E-state index in [0.29, 0.717) is 5.92 Å². The molecule has 2 aromatic heterocycles. The minimum atomic E-state index is 0.653. The molecule has 0 atom stereocenters. The summed E-state index contributed by atoms with van der Waals surface area (Å²) in [6.45, 7) is 0. The minimum absolute atomic E-state index is 0.653. The Morgan fingerprint density at radius 3 is 2.56 bits per heavy atom. The molecule has 0 aromatic carbocycles. The maximum Gasteiger partial charge on any atom is 0.127 e. The van der Waals surface area contributed by atoms with Crippen molar-refractivity contribution in [1.82, 2.24) is 15.0 Å². The van der Waals surface area contributed by atoms with Crippen molar-refractivity contribution in [2.75, 3.05) is 19.0 Å². The van der Waals surface area contributed by atoms with Gasteiger partial charge in [-0.15, -0.1) is 0 Å². The summed E-state index contributed by atoms with van der Waals surface area (Å²) in [6, 6.07) is 6.15. The van der Waals surface area contributed by atoms with Crippen molar-refractivity contribution in [2.24, 2.45) is 0 Å². The smallest absolute Gasteiger partial charge is 0.127 e. The molecule has 2 aromatic rings. The topological polar surface area (TPSA) is 41.9 Å². The molecule has 0 aliphatic heterocycles. The van der Waals surface area contributed by atoms with Gasteiger partial charge in [-0.1, -0.05) is 0 Å². The summed E-state index contributed by atoms with van der Waals surface area (Å²) in [5.74, 6) is 1.61. The fourth-order valence-electron chi connectivity index (χ4n) is 1.93. The second-order valence-electron chi connectivity index (χ2n) is 4.90. The average Bonchev–Trinajstić information content (AvgIpc) is 3.23. The maximum atomic E-state index is 4.41. The van der Waals surface area contributed by atoms with Crippen molar-refractivity contribution >= 4 is 5.82 Å². The average molecular weight is 240 g/mol. The molecule has 0 bridgehead atoms. The third-order valence-electron chi connectivity index (χ3n) is 3.19. The van der Waals surface area contributed by atoms with E-state index < -0.39 is 0 Å². The number of nitrogens with zero attached hydrogens (tertiary/aromatic N) is 4. The summed E-state index contributed by atoms with van der Waals surface area (Å²) in [7, 11) is 3.97. The lowest BCUT2D eigenvalue weighted by Gasteiger charge is -2.11. The SMILES string of the molecule is CN(C)c1ccc(-c2cc(C3CC3)ncn2)cn1. The van der Waals surface area contributed by atoms with Gasteiger partial charge in [-0.2, -0.15) is 0 Å². The standard InChI is InChI=1S/C14H16N4/c1-18(2)14-6-5-11(8-15-14)13-7-12(10-3-4-10)16-9-17-13/h5-10H,3-4H2,1-2H3. The van der Waals surface area contributed by atoms with Crippen molar-refractivity contribution in [2.45, 2.75) is 18.8 Å². The van der Waals surface area contributed by atoms with E-state index in [1.165, 1.54) is 12.8 Å². The van der Waals surface area contributed by atoms with Crippen LogP contribution in [0, 0.1) is 0 Å². The molecule has 0 N–H and O–H groups in total. The predicted octanol–water partition coefficient (Wildman–Crippen LogP) is 2.48. The van der Waals surface area contributed by atoms with Crippen LogP contribution in [-0.2, 0) is 0 Å². The van der Waals surface area contributed by atoms with E-state index in [2.05, 4.69) is 27.1 Å². The Hall–Kier alpha value is -1.97. The Kier molecular flexibility index (Phi) is 2.70. The zero-order valence-electron chi connectivity index (χ0n) is 10.7. The van der Waals surface area contributed by atoms with Crippen molar-refractivity contribution in [1.29, 1.82) is 0 Å². The number of hydrogen-bond acceptors (Lipinski definition) is 4. The normalized spacial score (nSPS) is 14.6. The highest BCUT2D eigenvalue weighted by Gasteiger charge is 2.25. The molecule has 0 spiro atoms. The third kappa shape index (κ3) is 2.18. The van der Waals surface area contributed by atoms with Crippen LogP contribution in [0.5, 0.6) is 0 Å². The molecule has 0 saturated heterocycles. The van der Waals surface area contributed by atoms with Crippen molar-refractivity contribution in [3.63, 3.8) is 0 Å². The number of rotatable bonds is 3. The van der Waals surface area contributed by atoms with Gasteiger partial charge in [-0.25, -0.2) is 15.0 Å². The fraction of sp³-hybridized carbons (Fsp3) is 0.357. The largest absolute Gasteiger partial charge is 0.363 e. The van der Waals surface area contributed by atoms with Gasteiger partial charge in [0, 0.05) is 37.5 Å². The van der Waals surface area contributed by atoms with Crippen LogP contribution in [0.25, 0.3) is 11.3 Å². The molecule has 4 heteroatoms. The first-order valence-corrected chi connectivity index (χ1v) is 6.20. The van der Waals surface area contributed by atoms with Crippen LogP contribution >= 0.6 is 0 Å². The number of aromatic nitrogens is 3. The highest BCUT2D eigenvalue weighted by Crippen LogP contribution is 2.39. The first-order chi connectivity index (χ1) is 8.74. The van der Waals surface area contributed by atoms with Gasteiger partial charge in [0.2, 0.25) is 0 Å². The van der Waals surface area contributed by atoms with Crippen LogP contribution in [0.1, 0.15) is 24.5 Å². The van der Waals surface area contributed by atoms with Gasteiger partial charge in [0.1, 0.15) is 12.1 Å². The molecular weight excluding hydrogens is 224 g/mol. The van der Waals surface area contributed by atoms with Crippen LogP contribution in [0.3, 0.4) is 0 Å². The molecule has 1 aliphatic carbocycles. The summed E-state index contributed by atoms with van der Waals surface area (Å²) in [5.41, 5.74) is 3.17. The Morgan fingerprint density at radius 2 is 1.94 bits per heavy atom. The van der Waals surface area contributed by atoms with Crippen LogP contribution in [0.15, 0.2) is 30.7 Å². The lowest BCUT2D eigenvalue weighted by Crippen LogP contribution is -2.10. The number of pyridine rings is 1. The summed E-state index contributed by atoms with van der Waals surface area (Å²) in [5, 5.41) is 0. The Labute approximate surface area is 107 Å². The molecule has 3 rings (SSSR count). The van der Waals surface area contributed by atoms with Crippen LogP contribution < -0.4 is 4.90 Å². The molecule has 4 nitrogen and oxygen atoms in total. The third-order valence-corrected chi connectivity index (χ3v) is 3.19. The van der Waals surface area contributed by atoms with E-state index >= 15 is 0 Å². The summed E-state index contributed by atoms with van der Waals surface area (Å²) in [4.78, 5) is 15.1. The predicted molar refractivity (Wildman–Crippen MR) is 71.6 cm³/mol. The van der Waals surface area contributed by atoms with Crippen molar-refractivity contribution < 1.29 is 0 Å². The zero-order valence-corrected chi connectivity index (χ0v) is 10.7. The molecule has 1 aliphatic rings. The Balaban J connectivity index is 1.91. The molecule has 18 heavy (non-hydrogen) atoms. The molecular formula is C14H16N4. The Morgan fingerprint density at radius 1 is 1.11 bits per heavy atom. The van der Waals surface area contributed by atoms with Crippen LogP contribution in [0.2, 0.25) is 0 Å².